The molecule has 0 unspecified atom stereocenters. The van der Waals surface area contributed by atoms with Crippen molar-refractivity contribution in [2.45, 2.75) is 4.43 Å². The molecule has 0 N–H and O–H groups in total. The van der Waals surface area contributed by atoms with Crippen LogP contribution in [0.2, 0.25) is 5.15 Å². The Kier molecular flexibility index (Phi) is 2.72. The molecule has 0 atom stereocenters. The minimum Gasteiger partial charge on any atom is -0.245 e. The van der Waals surface area contributed by atoms with Gasteiger partial charge < -0.3 is 0 Å². The Balaban J connectivity index is 2.94. The molecule has 1 rings (SSSR count). The van der Waals surface area contributed by atoms with Gasteiger partial charge in [-0.05, 0) is 17.7 Å². The summed E-state index contributed by atoms with van der Waals surface area (Å²) in [5, 5.41) is 0.573. The van der Waals surface area contributed by atoms with Crippen molar-refractivity contribution in [3.8, 4) is 0 Å². The van der Waals surface area contributed by atoms with E-state index in [9.17, 15) is 0 Å². The summed E-state index contributed by atoms with van der Waals surface area (Å²) in [6.07, 6.45) is 1.72. The van der Waals surface area contributed by atoms with E-state index in [2.05, 4.69) is 27.6 Å². The van der Waals surface area contributed by atoms with Gasteiger partial charge in [-0.2, -0.15) is 0 Å². The van der Waals surface area contributed by atoms with Crippen LogP contribution < -0.4 is 0 Å². The first kappa shape index (κ1) is 7.28. The van der Waals surface area contributed by atoms with E-state index in [1.807, 2.05) is 12.1 Å². The van der Waals surface area contributed by atoms with Crippen molar-refractivity contribution in [1.82, 2.24) is 4.98 Å². The molecule has 0 bridgehead atoms. The zero-order valence-corrected chi connectivity index (χ0v) is 7.56. The Labute approximate surface area is 72.6 Å². The molecule has 0 aliphatic rings. The predicted molar refractivity (Wildman–Crippen MR) is 47.0 cm³/mol. The Morgan fingerprint density at radius 3 is 2.89 bits per heavy atom. The summed E-state index contributed by atoms with van der Waals surface area (Å²) >= 11 is 7.89. The lowest BCUT2D eigenvalue weighted by Gasteiger charge is -1.92. The van der Waals surface area contributed by atoms with Crippen LogP contribution in [0.15, 0.2) is 18.3 Å². The summed E-state index contributed by atoms with van der Waals surface area (Å²) < 4.78 is 0.986. The lowest BCUT2D eigenvalue weighted by Crippen LogP contribution is -1.77. The first-order chi connectivity index (χ1) is 4.33. The highest BCUT2D eigenvalue weighted by molar-refractivity contribution is 14.1. The van der Waals surface area contributed by atoms with Crippen LogP contribution in [0.25, 0.3) is 0 Å². The van der Waals surface area contributed by atoms with E-state index in [1.54, 1.807) is 6.20 Å². The summed E-state index contributed by atoms with van der Waals surface area (Å²) in [6.45, 7) is 0. The zero-order valence-electron chi connectivity index (χ0n) is 4.64. The van der Waals surface area contributed by atoms with Crippen molar-refractivity contribution in [2.24, 2.45) is 0 Å². The van der Waals surface area contributed by atoms with Crippen molar-refractivity contribution >= 4 is 34.2 Å². The second kappa shape index (κ2) is 3.37. The Hall–Kier alpha value is 0.170. The molecular weight excluding hydrogens is 248 g/mol. The maximum absolute atomic E-state index is 5.61. The first-order valence-corrected chi connectivity index (χ1v) is 4.39. The number of alkyl halides is 1. The molecule has 0 radical (unpaired) electrons. The van der Waals surface area contributed by atoms with E-state index in [-0.39, 0.29) is 0 Å². The fourth-order valence-electron chi connectivity index (χ4n) is 0.526. The molecule has 0 aromatic carbocycles. The number of rotatable bonds is 1. The van der Waals surface area contributed by atoms with Gasteiger partial charge in [0.1, 0.15) is 5.15 Å². The number of aromatic nitrogens is 1. The first-order valence-electron chi connectivity index (χ1n) is 2.49. The van der Waals surface area contributed by atoms with Gasteiger partial charge >= 0.3 is 0 Å². The summed E-state index contributed by atoms with van der Waals surface area (Å²) in [5.41, 5.74) is 1.22. The van der Waals surface area contributed by atoms with Crippen molar-refractivity contribution in [2.75, 3.05) is 0 Å². The highest BCUT2D eigenvalue weighted by atomic mass is 127. The molecule has 1 nitrogen and oxygen atoms in total. The monoisotopic (exact) mass is 253 g/mol. The third-order valence-corrected chi connectivity index (χ3v) is 2.03. The molecule has 0 amide bonds. The van der Waals surface area contributed by atoms with E-state index in [4.69, 9.17) is 11.6 Å². The molecule has 1 aromatic heterocycles. The van der Waals surface area contributed by atoms with Gasteiger partial charge in [-0.25, -0.2) is 4.98 Å². The molecule has 9 heavy (non-hydrogen) atoms. The molecule has 0 fully saturated rings. The van der Waals surface area contributed by atoms with Crippen LogP contribution in [0.5, 0.6) is 0 Å². The molecule has 0 saturated heterocycles. The number of pyridine rings is 1. The molecule has 0 saturated carbocycles. The largest absolute Gasteiger partial charge is 0.245 e. The smallest absolute Gasteiger partial charge is 0.129 e. The standard InChI is InChI=1S/C6H5ClIN/c7-6-3-5(4-8)1-2-9-6/h1-3H,4H2. The highest BCUT2D eigenvalue weighted by Crippen LogP contribution is 2.09. The normalized spacial score (nSPS) is 9.56. The van der Waals surface area contributed by atoms with E-state index < -0.39 is 0 Å². The van der Waals surface area contributed by atoms with Crippen LogP contribution in [-0.2, 0) is 4.43 Å². The lowest BCUT2D eigenvalue weighted by molar-refractivity contribution is 1.28. The minimum atomic E-state index is 0.573. The van der Waals surface area contributed by atoms with Crippen LogP contribution >= 0.6 is 34.2 Å². The van der Waals surface area contributed by atoms with Gasteiger partial charge in [0.25, 0.3) is 0 Å². The molecule has 3 heteroatoms. The van der Waals surface area contributed by atoms with Gasteiger partial charge in [0.05, 0.1) is 0 Å². The fraction of sp³-hybridized carbons (Fsp3) is 0.167. The SMILES string of the molecule is Clc1cc(CI)ccn1. The molecule has 48 valence electrons. The van der Waals surface area contributed by atoms with Gasteiger partial charge in [0.2, 0.25) is 0 Å². The third kappa shape index (κ3) is 2.10. The second-order valence-electron chi connectivity index (χ2n) is 1.62. The zero-order chi connectivity index (χ0) is 6.69. The van der Waals surface area contributed by atoms with E-state index in [0.29, 0.717) is 5.15 Å². The van der Waals surface area contributed by atoms with Crippen molar-refractivity contribution in [3.63, 3.8) is 0 Å². The molecule has 0 aliphatic carbocycles. The second-order valence-corrected chi connectivity index (χ2v) is 2.77. The van der Waals surface area contributed by atoms with Crippen molar-refractivity contribution in [3.05, 3.63) is 29.0 Å². The maximum atomic E-state index is 5.61. The van der Waals surface area contributed by atoms with Crippen LogP contribution in [0.1, 0.15) is 5.56 Å². The Bertz CT molecular complexity index is 202. The Morgan fingerprint density at radius 2 is 2.44 bits per heavy atom. The van der Waals surface area contributed by atoms with Crippen LogP contribution in [0.4, 0.5) is 0 Å². The predicted octanol–water partition coefficient (Wildman–Crippen LogP) is 2.67. The number of hydrogen-bond donors (Lipinski definition) is 0. The molecule has 1 heterocycles. The summed E-state index contributed by atoms with van der Waals surface area (Å²) in [5.74, 6) is 0. The summed E-state index contributed by atoms with van der Waals surface area (Å²) in [4.78, 5) is 3.85. The summed E-state index contributed by atoms with van der Waals surface area (Å²) in [7, 11) is 0. The molecular formula is C6H5ClIN. The highest BCUT2D eigenvalue weighted by Gasteiger charge is 1.89. The van der Waals surface area contributed by atoms with Crippen LogP contribution in [0, 0.1) is 0 Å². The van der Waals surface area contributed by atoms with E-state index >= 15 is 0 Å². The number of hydrogen-bond acceptors (Lipinski definition) is 1. The summed E-state index contributed by atoms with van der Waals surface area (Å²) in [6, 6.07) is 3.83. The average Bonchev–Trinajstić information content (AvgIpc) is 1.88. The van der Waals surface area contributed by atoms with Gasteiger partial charge in [-0.1, -0.05) is 34.2 Å². The van der Waals surface area contributed by atoms with E-state index in [0.717, 1.165) is 4.43 Å². The minimum absolute atomic E-state index is 0.573. The van der Waals surface area contributed by atoms with Gasteiger partial charge in [-0.15, -0.1) is 0 Å². The topological polar surface area (TPSA) is 12.9 Å². The van der Waals surface area contributed by atoms with Gasteiger partial charge in [0, 0.05) is 10.6 Å². The van der Waals surface area contributed by atoms with E-state index in [1.165, 1.54) is 5.56 Å². The van der Waals surface area contributed by atoms with Crippen molar-refractivity contribution < 1.29 is 0 Å². The quantitative estimate of drug-likeness (QED) is 0.426. The van der Waals surface area contributed by atoms with Gasteiger partial charge in [0.15, 0.2) is 0 Å². The number of nitrogens with zero attached hydrogens (tertiary/aromatic N) is 1. The third-order valence-electron chi connectivity index (χ3n) is 0.945. The maximum Gasteiger partial charge on any atom is 0.129 e. The lowest BCUT2D eigenvalue weighted by atomic mass is 10.3. The van der Waals surface area contributed by atoms with Gasteiger partial charge in [-0.3, -0.25) is 0 Å². The van der Waals surface area contributed by atoms with Crippen LogP contribution in [-0.4, -0.2) is 4.98 Å². The van der Waals surface area contributed by atoms with Crippen LogP contribution in [0.3, 0.4) is 0 Å². The molecule has 0 spiro atoms. The fourth-order valence-corrected chi connectivity index (χ4v) is 1.20. The Morgan fingerprint density at radius 1 is 1.67 bits per heavy atom. The number of halogens is 2. The van der Waals surface area contributed by atoms with Crippen molar-refractivity contribution in [1.29, 1.82) is 0 Å². The average molecular weight is 253 g/mol. The molecule has 1 aromatic rings. The molecule has 0 aliphatic heterocycles.